The molecule has 120 valence electrons. The van der Waals surface area contributed by atoms with Gasteiger partial charge in [0.1, 0.15) is 17.3 Å². The summed E-state index contributed by atoms with van der Waals surface area (Å²) in [5.41, 5.74) is 1.68. The van der Waals surface area contributed by atoms with E-state index in [0.717, 1.165) is 33.9 Å². The summed E-state index contributed by atoms with van der Waals surface area (Å²) < 4.78 is 7.34. The van der Waals surface area contributed by atoms with Crippen LogP contribution in [0.5, 0.6) is 0 Å². The predicted molar refractivity (Wildman–Crippen MR) is 90.3 cm³/mol. The molecule has 4 aromatic heterocycles. The normalized spacial score (nSPS) is 11.1. The first-order valence-corrected chi connectivity index (χ1v) is 7.60. The fourth-order valence-electron chi connectivity index (χ4n) is 2.54. The maximum Gasteiger partial charge on any atom is 0.164 e. The third kappa shape index (κ3) is 2.60. The van der Waals surface area contributed by atoms with Crippen LogP contribution < -0.4 is 5.32 Å². The van der Waals surface area contributed by atoms with E-state index in [1.807, 2.05) is 38.2 Å². The molecular weight excluding hydrogens is 304 g/mol. The van der Waals surface area contributed by atoms with Crippen LogP contribution in [-0.2, 0) is 13.6 Å². The number of hydrogen-bond acceptors (Lipinski definition) is 6. The first kappa shape index (κ1) is 14.4. The number of rotatable bonds is 4. The molecule has 24 heavy (non-hydrogen) atoms. The molecule has 0 aromatic carbocycles. The molecule has 1 N–H and O–H groups in total. The summed E-state index contributed by atoms with van der Waals surface area (Å²) >= 11 is 0. The Morgan fingerprint density at radius 1 is 1.12 bits per heavy atom. The van der Waals surface area contributed by atoms with Gasteiger partial charge in [0, 0.05) is 25.0 Å². The molecule has 4 rings (SSSR count). The van der Waals surface area contributed by atoms with E-state index in [-0.39, 0.29) is 0 Å². The van der Waals surface area contributed by atoms with Crippen LogP contribution in [0.15, 0.2) is 47.3 Å². The molecular formula is C17H16N6O. The van der Waals surface area contributed by atoms with Crippen LogP contribution in [0.3, 0.4) is 0 Å². The Labute approximate surface area is 138 Å². The third-order valence-corrected chi connectivity index (χ3v) is 3.76. The number of anilines is 1. The van der Waals surface area contributed by atoms with E-state index < -0.39 is 0 Å². The molecule has 0 aliphatic rings. The lowest BCUT2D eigenvalue weighted by molar-refractivity contribution is 0.490. The van der Waals surface area contributed by atoms with E-state index >= 15 is 0 Å². The van der Waals surface area contributed by atoms with Crippen LogP contribution in [0, 0.1) is 6.92 Å². The molecule has 0 saturated heterocycles. The molecule has 0 aliphatic carbocycles. The quantitative estimate of drug-likeness (QED) is 0.622. The number of pyridine rings is 1. The Hall–Kier alpha value is -3.22. The van der Waals surface area contributed by atoms with Crippen molar-refractivity contribution in [3.8, 4) is 11.4 Å². The number of nitrogens with one attached hydrogen (secondary N) is 1. The Morgan fingerprint density at radius 3 is 2.71 bits per heavy atom. The molecule has 0 unspecified atom stereocenters. The van der Waals surface area contributed by atoms with E-state index in [1.165, 1.54) is 0 Å². The predicted octanol–water partition coefficient (Wildman–Crippen LogP) is 2.94. The number of aryl methyl sites for hydroxylation is 2. The van der Waals surface area contributed by atoms with Gasteiger partial charge in [-0.25, -0.2) is 9.97 Å². The Bertz CT molecular complexity index is 989. The first-order chi connectivity index (χ1) is 11.7. The van der Waals surface area contributed by atoms with Gasteiger partial charge in [-0.3, -0.25) is 9.67 Å². The molecule has 0 spiro atoms. The van der Waals surface area contributed by atoms with E-state index in [0.29, 0.717) is 12.4 Å². The zero-order valence-corrected chi connectivity index (χ0v) is 13.4. The summed E-state index contributed by atoms with van der Waals surface area (Å²) in [6.07, 6.45) is 5.22. The van der Waals surface area contributed by atoms with Gasteiger partial charge >= 0.3 is 0 Å². The number of nitrogens with zero attached hydrogens (tertiary/aromatic N) is 5. The van der Waals surface area contributed by atoms with E-state index in [4.69, 9.17) is 4.42 Å². The molecule has 0 bridgehead atoms. The maximum atomic E-state index is 5.60. The highest BCUT2D eigenvalue weighted by atomic mass is 16.3. The molecule has 0 aliphatic heterocycles. The number of aromatic nitrogens is 5. The van der Waals surface area contributed by atoms with Crippen molar-refractivity contribution in [3.63, 3.8) is 0 Å². The van der Waals surface area contributed by atoms with Crippen molar-refractivity contribution in [1.29, 1.82) is 0 Å². The molecule has 0 atom stereocenters. The Balaban J connectivity index is 1.75. The average Bonchev–Trinajstić information content (AvgIpc) is 3.19. The smallest absolute Gasteiger partial charge is 0.164 e. The van der Waals surface area contributed by atoms with Crippen LogP contribution >= 0.6 is 0 Å². The molecule has 0 saturated carbocycles. The van der Waals surface area contributed by atoms with Crippen molar-refractivity contribution in [2.75, 3.05) is 5.32 Å². The molecule has 0 radical (unpaired) electrons. The lowest BCUT2D eigenvalue weighted by Crippen LogP contribution is -2.04. The second-order valence-electron chi connectivity index (χ2n) is 5.50. The number of furan rings is 1. The molecule has 7 nitrogen and oxygen atoms in total. The average molecular weight is 320 g/mol. The van der Waals surface area contributed by atoms with Gasteiger partial charge in [-0.15, -0.1) is 0 Å². The molecule has 0 amide bonds. The maximum absolute atomic E-state index is 5.60. The van der Waals surface area contributed by atoms with Crippen molar-refractivity contribution in [1.82, 2.24) is 24.7 Å². The first-order valence-electron chi connectivity index (χ1n) is 7.60. The van der Waals surface area contributed by atoms with Crippen molar-refractivity contribution in [3.05, 3.63) is 54.4 Å². The molecule has 4 heterocycles. The second-order valence-corrected chi connectivity index (χ2v) is 5.50. The van der Waals surface area contributed by atoms with Gasteiger partial charge in [-0.05, 0) is 31.2 Å². The zero-order valence-electron chi connectivity index (χ0n) is 13.4. The third-order valence-electron chi connectivity index (χ3n) is 3.76. The zero-order chi connectivity index (χ0) is 16.5. The highest BCUT2D eigenvalue weighted by Crippen LogP contribution is 2.24. The molecule has 4 aromatic rings. The highest BCUT2D eigenvalue weighted by Gasteiger charge is 2.13. The topological polar surface area (TPSA) is 81.7 Å². The summed E-state index contributed by atoms with van der Waals surface area (Å²) in [5.74, 6) is 3.10. The minimum Gasteiger partial charge on any atom is -0.465 e. The van der Waals surface area contributed by atoms with Gasteiger partial charge in [0.15, 0.2) is 11.5 Å². The fraction of sp³-hybridized carbons (Fsp3) is 0.176. The number of hydrogen-bond donors (Lipinski definition) is 1. The molecule has 7 heteroatoms. The highest BCUT2D eigenvalue weighted by molar-refractivity contribution is 5.88. The van der Waals surface area contributed by atoms with Crippen molar-refractivity contribution in [2.24, 2.45) is 7.05 Å². The van der Waals surface area contributed by atoms with Crippen molar-refractivity contribution in [2.45, 2.75) is 13.5 Å². The number of fused-ring (bicyclic) bond motifs is 1. The molecule has 0 fully saturated rings. The van der Waals surface area contributed by atoms with Crippen LogP contribution in [-0.4, -0.2) is 24.7 Å². The summed E-state index contributed by atoms with van der Waals surface area (Å²) in [6, 6.07) is 7.67. The summed E-state index contributed by atoms with van der Waals surface area (Å²) in [7, 11) is 1.87. The largest absolute Gasteiger partial charge is 0.465 e. The fourth-order valence-corrected chi connectivity index (χ4v) is 2.54. The monoisotopic (exact) mass is 320 g/mol. The van der Waals surface area contributed by atoms with Crippen LogP contribution in [0.4, 0.5) is 5.82 Å². The summed E-state index contributed by atoms with van der Waals surface area (Å²) in [6.45, 7) is 2.47. The minimum absolute atomic E-state index is 0.546. The van der Waals surface area contributed by atoms with Gasteiger partial charge in [0.2, 0.25) is 0 Å². The van der Waals surface area contributed by atoms with Gasteiger partial charge in [0.25, 0.3) is 0 Å². The van der Waals surface area contributed by atoms with E-state index in [9.17, 15) is 0 Å². The Kier molecular flexibility index (Phi) is 3.45. The van der Waals surface area contributed by atoms with Crippen LogP contribution in [0.2, 0.25) is 0 Å². The second kappa shape index (κ2) is 5.77. The summed E-state index contributed by atoms with van der Waals surface area (Å²) in [5, 5.41) is 8.49. The van der Waals surface area contributed by atoms with Gasteiger partial charge in [-0.2, -0.15) is 5.10 Å². The summed E-state index contributed by atoms with van der Waals surface area (Å²) in [4.78, 5) is 13.3. The van der Waals surface area contributed by atoms with Gasteiger partial charge in [0.05, 0.1) is 18.1 Å². The van der Waals surface area contributed by atoms with Crippen LogP contribution in [0.25, 0.3) is 22.4 Å². The van der Waals surface area contributed by atoms with Gasteiger partial charge in [-0.1, -0.05) is 0 Å². The Morgan fingerprint density at radius 2 is 1.96 bits per heavy atom. The van der Waals surface area contributed by atoms with Crippen molar-refractivity contribution >= 4 is 16.9 Å². The van der Waals surface area contributed by atoms with Crippen LogP contribution in [0.1, 0.15) is 11.5 Å². The van der Waals surface area contributed by atoms with Crippen molar-refractivity contribution < 1.29 is 4.42 Å². The minimum atomic E-state index is 0.546. The van der Waals surface area contributed by atoms with E-state index in [2.05, 4.69) is 25.4 Å². The lowest BCUT2D eigenvalue weighted by atomic mass is 10.2. The SMILES string of the molecule is Cc1ccc(CNc2nc(-c3ccncc3)nc3c2cnn3C)o1. The van der Waals surface area contributed by atoms with E-state index in [1.54, 1.807) is 23.3 Å². The lowest BCUT2D eigenvalue weighted by Gasteiger charge is -2.08. The van der Waals surface area contributed by atoms with Gasteiger partial charge < -0.3 is 9.73 Å². The standard InChI is InChI=1S/C17H16N6O/c1-11-3-4-13(24-11)9-19-16-14-10-20-23(2)17(14)22-15(21-16)12-5-7-18-8-6-12/h3-8,10H,9H2,1-2H3,(H,19,21,22).